The van der Waals surface area contributed by atoms with Crippen LogP contribution in [0.3, 0.4) is 0 Å². The quantitative estimate of drug-likeness (QED) is 0.932. The fourth-order valence-corrected chi connectivity index (χ4v) is 3.40. The third kappa shape index (κ3) is 2.80. The number of benzene rings is 1. The number of aromatic nitrogens is 1. The maximum Gasteiger partial charge on any atom is 0.118 e. The molecular weight excluding hydrogens is 256 g/mol. The fourth-order valence-electron chi connectivity index (χ4n) is 2.43. The summed E-state index contributed by atoms with van der Waals surface area (Å²) in [6.07, 6.45) is 2.50. The third-order valence-corrected chi connectivity index (χ3v) is 4.56. The Labute approximate surface area is 117 Å². The molecule has 1 N–H and O–H groups in total. The van der Waals surface area contributed by atoms with Gasteiger partial charge < -0.3 is 10.1 Å². The number of methoxy groups -OCH3 is 1. The van der Waals surface area contributed by atoms with E-state index in [0.29, 0.717) is 5.92 Å². The van der Waals surface area contributed by atoms with Gasteiger partial charge in [0.1, 0.15) is 5.75 Å². The van der Waals surface area contributed by atoms with E-state index in [0.717, 1.165) is 30.1 Å². The van der Waals surface area contributed by atoms with E-state index < -0.39 is 0 Å². The highest BCUT2D eigenvalue weighted by Crippen LogP contribution is 2.30. The van der Waals surface area contributed by atoms with E-state index in [1.165, 1.54) is 17.8 Å². The van der Waals surface area contributed by atoms with Crippen molar-refractivity contribution in [1.29, 1.82) is 0 Å². The molecule has 0 radical (unpaired) electrons. The van der Waals surface area contributed by atoms with Crippen LogP contribution in [0, 0.1) is 0 Å². The summed E-state index contributed by atoms with van der Waals surface area (Å²) in [6.45, 7) is 2.21. The number of piperidine rings is 1. The standard InChI is InChI=1S/C15H18N2OS/c1-18-13-6-4-11(5-7-13)14-10-19-15(17-14)12-3-2-8-16-9-12/h4-7,10,12,16H,2-3,8-9H2,1H3. The Balaban J connectivity index is 1.79. The van der Waals surface area contributed by atoms with E-state index in [9.17, 15) is 0 Å². The van der Waals surface area contributed by atoms with Crippen LogP contribution in [0.15, 0.2) is 29.6 Å². The molecule has 2 heterocycles. The smallest absolute Gasteiger partial charge is 0.118 e. The first-order valence-corrected chi connectivity index (χ1v) is 7.55. The minimum atomic E-state index is 0.589. The summed E-state index contributed by atoms with van der Waals surface area (Å²) >= 11 is 1.78. The maximum absolute atomic E-state index is 5.18. The second-order valence-corrected chi connectivity index (χ2v) is 5.73. The van der Waals surface area contributed by atoms with Crippen molar-refractivity contribution in [1.82, 2.24) is 10.3 Å². The van der Waals surface area contributed by atoms with Crippen LogP contribution in [0.4, 0.5) is 0 Å². The van der Waals surface area contributed by atoms with Gasteiger partial charge in [-0.25, -0.2) is 4.98 Å². The van der Waals surface area contributed by atoms with Crippen LogP contribution >= 0.6 is 11.3 Å². The van der Waals surface area contributed by atoms with Crippen molar-refractivity contribution in [3.05, 3.63) is 34.7 Å². The first kappa shape index (κ1) is 12.6. The van der Waals surface area contributed by atoms with Gasteiger partial charge in [0.2, 0.25) is 0 Å². The molecule has 1 unspecified atom stereocenters. The van der Waals surface area contributed by atoms with Crippen LogP contribution < -0.4 is 10.1 Å². The van der Waals surface area contributed by atoms with Crippen molar-refractivity contribution in [2.45, 2.75) is 18.8 Å². The zero-order chi connectivity index (χ0) is 13.1. The van der Waals surface area contributed by atoms with E-state index in [1.54, 1.807) is 18.4 Å². The van der Waals surface area contributed by atoms with Crippen LogP contribution in [0.2, 0.25) is 0 Å². The molecule has 1 aromatic heterocycles. The molecule has 0 bridgehead atoms. The molecule has 4 heteroatoms. The van der Waals surface area contributed by atoms with E-state index >= 15 is 0 Å². The van der Waals surface area contributed by atoms with Crippen molar-refractivity contribution in [3.63, 3.8) is 0 Å². The molecule has 100 valence electrons. The molecule has 1 aliphatic rings. The molecule has 1 atom stereocenters. The van der Waals surface area contributed by atoms with Gasteiger partial charge in [0.15, 0.2) is 0 Å². The average molecular weight is 274 g/mol. The molecule has 0 amide bonds. The Morgan fingerprint density at radius 3 is 2.84 bits per heavy atom. The Hall–Kier alpha value is -1.39. The zero-order valence-electron chi connectivity index (χ0n) is 11.1. The van der Waals surface area contributed by atoms with Crippen molar-refractivity contribution in [3.8, 4) is 17.0 Å². The number of thiazole rings is 1. The van der Waals surface area contributed by atoms with E-state index in [-0.39, 0.29) is 0 Å². The van der Waals surface area contributed by atoms with Crippen molar-refractivity contribution in [2.24, 2.45) is 0 Å². The van der Waals surface area contributed by atoms with Crippen LogP contribution in [0.1, 0.15) is 23.8 Å². The lowest BCUT2D eigenvalue weighted by molar-refractivity contribution is 0.415. The molecule has 2 aromatic rings. The molecule has 1 aliphatic heterocycles. The van der Waals surface area contributed by atoms with E-state index in [1.807, 2.05) is 12.1 Å². The summed E-state index contributed by atoms with van der Waals surface area (Å²) in [7, 11) is 1.69. The maximum atomic E-state index is 5.18. The zero-order valence-corrected chi connectivity index (χ0v) is 11.9. The lowest BCUT2D eigenvalue weighted by Crippen LogP contribution is -2.28. The summed E-state index contributed by atoms with van der Waals surface area (Å²) in [5.41, 5.74) is 2.24. The van der Waals surface area contributed by atoms with Crippen LogP contribution in [0.25, 0.3) is 11.3 Å². The molecule has 1 fully saturated rings. The largest absolute Gasteiger partial charge is 0.497 e. The minimum Gasteiger partial charge on any atom is -0.497 e. The topological polar surface area (TPSA) is 34.1 Å². The number of nitrogens with one attached hydrogen (secondary N) is 1. The van der Waals surface area contributed by atoms with Gasteiger partial charge >= 0.3 is 0 Å². The molecule has 3 rings (SSSR count). The highest BCUT2D eigenvalue weighted by molar-refractivity contribution is 7.10. The third-order valence-electron chi connectivity index (χ3n) is 3.55. The first-order valence-electron chi connectivity index (χ1n) is 6.67. The Morgan fingerprint density at radius 1 is 1.32 bits per heavy atom. The summed E-state index contributed by atoms with van der Waals surface area (Å²) in [4.78, 5) is 4.80. The summed E-state index contributed by atoms with van der Waals surface area (Å²) in [6, 6.07) is 8.10. The van der Waals surface area contributed by atoms with E-state index in [4.69, 9.17) is 9.72 Å². The molecule has 0 aliphatic carbocycles. The fraction of sp³-hybridized carbons (Fsp3) is 0.400. The van der Waals surface area contributed by atoms with Gasteiger partial charge in [-0.3, -0.25) is 0 Å². The monoisotopic (exact) mass is 274 g/mol. The van der Waals surface area contributed by atoms with E-state index in [2.05, 4.69) is 22.8 Å². The van der Waals surface area contributed by atoms with Gasteiger partial charge in [0.25, 0.3) is 0 Å². The molecule has 1 aromatic carbocycles. The molecule has 1 saturated heterocycles. The second-order valence-electron chi connectivity index (χ2n) is 4.84. The number of rotatable bonds is 3. The van der Waals surface area contributed by atoms with Gasteiger partial charge in [-0.05, 0) is 43.7 Å². The molecule has 0 spiro atoms. The number of nitrogens with zero attached hydrogens (tertiary/aromatic N) is 1. The number of hydrogen-bond donors (Lipinski definition) is 1. The molecule has 0 saturated carbocycles. The van der Waals surface area contributed by atoms with Crippen LogP contribution in [-0.2, 0) is 0 Å². The van der Waals surface area contributed by atoms with Crippen LogP contribution in [0.5, 0.6) is 5.75 Å². The molecule has 3 nitrogen and oxygen atoms in total. The summed E-state index contributed by atoms with van der Waals surface area (Å²) in [5.74, 6) is 1.47. The summed E-state index contributed by atoms with van der Waals surface area (Å²) in [5, 5.41) is 6.87. The lowest BCUT2D eigenvalue weighted by atomic mass is 10.0. The summed E-state index contributed by atoms with van der Waals surface area (Å²) < 4.78 is 5.18. The highest BCUT2D eigenvalue weighted by atomic mass is 32.1. The normalized spacial score (nSPS) is 19.3. The Bertz CT molecular complexity index is 529. The van der Waals surface area contributed by atoms with Gasteiger partial charge in [-0.15, -0.1) is 11.3 Å². The van der Waals surface area contributed by atoms with Crippen LogP contribution in [-0.4, -0.2) is 25.2 Å². The Morgan fingerprint density at radius 2 is 2.16 bits per heavy atom. The van der Waals surface area contributed by atoms with Gasteiger partial charge in [0.05, 0.1) is 17.8 Å². The SMILES string of the molecule is COc1ccc(-c2csc(C3CCCNC3)n2)cc1. The Kier molecular flexibility index (Phi) is 3.80. The lowest BCUT2D eigenvalue weighted by Gasteiger charge is -2.20. The predicted molar refractivity (Wildman–Crippen MR) is 78.9 cm³/mol. The number of hydrogen-bond acceptors (Lipinski definition) is 4. The second kappa shape index (κ2) is 5.72. The first-order chi connectivity index (χ1) is 9.36. The van der Waals surface area contributed by atoms with Crippen molar-refractivity contribution < 1.29 is 4.74 Å². The van der Waals surface area contributed by atoms with Gasteiger partial charge in [-0.2, -0.15) is 0 Å². The predicted octanol–water partition coefficient (Wildman–Crippen LogP) is 3.29. The van der Waals surface area contributed by atoms with Gasteiger partial charge in [-0.1, -0.05) is 0 Å². The van der Waals surface area contributed by atoms with Crippen molar-refractivity contribution >= 4 is 11.3 Å². The minimum absolute atomic E-state index is 0.589. The highest BCUT2D eigenvalue weighted by Gasteiger charge is 2.18. The molecule has 19 heavy (non-hydrogen) atoms. The molecular formula is C15H18N2OS. The number of ether oxygens (including phenoxy) is 1. The van der Waals surface area contributed by atoms with Gasteiger partial charge in [0, 0.05) is 23.4 Å². The average Bonchev–Trinajstić information content (AvgIpc) is 2.98. The van der Waals surface area contributed by atoms with Crippen molar-refractivity contribution in [2.75, 3.05) is 20.2 Å².